The Morgan fingerprint density at radius 3 is 2.64 bits per heavy atom. The predicted molar refractivity (Wildman–Crippen MR) is 141 cm³/mol. The first-order valence-corrected chi connectivity index (χ1v) is 12.8. The number of methoxy groups -OCH3 is 1. The number of carbonyl (C=O) groups excluding carboxylic acids is 1. The Hall–Kier alpha value is -3.07. The maximum Gasteiger partial charge on any atom is 0.338 e. The Labute approximate surface area is 221 Å². The van der Waals surface area contributed by atoms with E-state index in [0.29, 0.717) is 54.3 Å². The molecule has 0 N–H and O–H groups in total. The first-order valence-electron chi connectivity index (χ1n) is 11.2. The quantitative estimate of drug-likeness (QED) is 0.407. The van der Waals surface area contributed by atoms with Gasteiger partial charge >= 0.3 is 5.97 Å². The van der Waals surface area contributed by atoms with E-state index in [0.717, 1.165) is 0 Å². The molecule has 1 atom stereocenters. The molecular formula is C26H24Cl2N2O5S. The molecule has 7 nitrogen and oxygen atoms in total. The summed E-state index contributed by atoms with van der Waals surface area (Å²) >= 11 is 13.6. The molecule has 0 saturated heterocycles. The number of carbonyl (C=O) groups is 1. The molecule has 0 bridgehead atoms. The van der Waals surface area contributed by atoms with E-state index in [1.54, 1.807) is 50.3 Å². The highest BCUT2D eigenvalue weighted by Gasteiger charge is 2.36. The summed E-state index contributed by atoms with van der Waals surface area (Å²) in [6.45, 7) is 5.85. The summed E-state index contributed by atoms with van der Waals surface area (Å²) < 4.78 is 18.7. The lowest BCUT2D eigenvalue weighted by molar-refractivity contribution is -0.139. The second-order valence-corrected chi connectivity index (χ2v) is 9.63. The van der Waals surface area contributed by atoms with E-state index in [2.05, 4.69) is 4.99 Å². The molecule has 0 amide bonds. The number of aromatic nitrogens is 1. The van der Waals surface area contributed by atoms with E-state index in [1.807, 2.05) is 13.0 Å². The highest BCUT2D eigenvalue weighted by Crippen LogP contribution is 2.40. The van der Waals surface area contributed by atoms with Gasteiger partial charge in [0.1, 0.15) is 6.04 Å². The molecule has 0 radical (unpaired) electrons. The van der Waals surface area contributed by atoms with Gasteiger partial charge in [-0.15, -0.1) is 0 Å². The molecule has 4 rings (SSSR count). The van der Waals surface area contributed by atoms with Gasteiger partial charge < -0.3 is 14.2 Å². The molecule has 2 heterocycles. The van der Waals surface area contributed by atoms with Crippen LogP contribution in [0.25, 0.3) is 6.08 Å². The number of para-hydroxylation sites is 1. The number of thiazole rings is 1. The van der Waals surface area contributed by atoms with Crippen LogP contribution in [0.15, 0.2) is 57.5 Å². The lowest BCUT2D eigenvalue weighted by atomic mass is 9.94. The van der Waals surface area contributed by atoms with Crippen molar-refractivity contribution in [2.75, 3.05) is 20.3 Å². The highest BCUT2D eigenvalue weighted by atomic mass is 35.5. The maximum absolute atomic E-state index is 13.8. The van der Waals surface area contributed by atoms with Gasteiger partial charge in [0.2, 0.25) is 0 Å². The van der Waals surface area contributed by atoms with E-state index >= 15 is 0 Å². The van der Waals surface area contributed by atoms with Crippen molar-refractivity contribution in [3.63, 3.8) is 0 Å². The summed E-state index contributed by atoms with van der Waals surface area (Å²) in [4.78, 5) is 32.0. The van der Waals surface area contributed by atoms with Crippen molar-refractivity contribution in [3.8, 4) is 11.5 Å². The van der Waals surface area contributed by atoms with E-state index in [1.165, 1.54) is 23.0 Å². The number of esters is 1. The van der Waals surface area contributed by atoms with Gasteiger partial charge in [0.05, 0.1) is 36.1 Å². The fourth-order valence-electron chi connectivity index (χ4n) is 4.05. The van der Waals surface area contributed by atoms with E-state index < -0.39 is 12.0 Å². The fraction of sp³-hybridized carbons (Fsp3) is 0.269. The topological polar surface area (TPSA) is 79.1 Å². The van der Waals surface area contributed by atoms with Crippen LogP contribution >= 0.6 is 34.5 Å². The normalized spacial score (nSPS) is 15.4. The van der Waals surface area contributed by atoms with Crippen molar-refractivity contribution < 1.29 is 19.0 Å². The number of rotatable bonds is 7. The van der Waals surface area contributed by atoms with Crippen LogP contribution in [0.2, 0.25) is 10.0 Å². The molecule has 1 aliphatic heterocycles. The van der Waals surface area contributed by atoms with Gasteiger partial charge in [-0.1, -0.05) is 52.7 Å². The number of ether oxygens (including phenoxy) is 3. The molecule has 1 aromatic heterocycles. The van der Waals surface area contributed by atoms with Gasteiger partial charge in [-0.3, -0.25) is 9.36 Å². The average Bonchev–Trinajstić information content (AvgIpc) is 3.15. The third-order valence-corrected chi connectivity index (χ3v) is 7.12. The van der Waals surface area contributed by atoms with Crippen LogP contribution in [-0.4, -0.2) is 30.9 Å². The second kappa shape index (κ2) is 10.9. The Balaban J connectivity index is 2.03. The lowest BCUT2D eigenvalue weighted by Gasteiger charge is -2.26. The van der Waals surface area contributed by atoms with Gasteiger partial charge in [0.25, 0.3) is 5.56 Å². The van der Waals surface area contributed by atoms with Crippen LogP contribution in [0.3, 0.4) is 0 Å². The molecule has 1 aliphatic rings. The third kappa shape index (κ3) is 4.81. The smallest absolute Gasteiger partial charge is 0.338 e. The molecule has 0 saturated carbocycles. The summed E-state index contributed by atoms with van der Waals surface area (Å²) in [6, 6.07) is 9.59. The number of fused-ring (bicyclic) bond motifs is 1. The molecule has 36 heavy (non-hydrogen) atoms. The summed E-state index contributed by atoms with van der Waals surface area (Å²) in [6.07, 6.45) is 1.69. The van der Waals surface area contributed by atoms with Crippen molar-refractivity contribution in [3.05, 3.63) is 88.5 Å². The average molecular weight is 547 g/mol. The molecule has 10 heteroatoms. The van der Waals surface area contributed by atoms with Crippen molar-refractivity contribution >= 4 is 46.6 Å². The zero-order valence-corrected chi connectivity index (χ0v) is 22.5. The van der Waals surface area contributed by atoms with Gasteiger partial charge in [-0.25, -0.2) is 9.79 Å². The molecule has 3 aromatic rings. The Morgan fingerprint density at radius 1 is 1.19 bits per heavy atom. The lowest BCUT2D eigenvalue weighted by Crippen LogP contribution is -2.40. The molecule has 0 fully saturated rings. The van der Waals surface area contributed by atoms with Gasteiger partial charge in [0.15, 0.2) is 16.3 Å². The van der Waals surface area contributed by atoms with E-state index in [9.17, 15) is 9.59 Å². The minimum absolute atomic E-state index is 0.179. The Morgan fingerprint density at radius 2 is 1.97 bits per heavy atom. The molecule has 1 unspecified atom stereocenters. The first-order chi connectivity index (χ1) is 17.3. The van der Waals surface area contributed by atoms with Crippen LogP contribution < -0.4 is 24.4 Å². The molecule has 0 aliphatic carbocycles. The zero-order valence-electron chi connectivity index (χ0n) is 20.1. The number of hydrogen-bond acceptors (Lipinski definition) is 7. The van der Waals surface area contributed by atoms with Crippen molar-refractivity contribution in [1.29, 1.82) is 0 Å². The number of nitrogens with zero attached hydrogens (tertiary/aromatic N) is 2. The number of benzene rings is 2. The van der Waals surface area contributed by atoms with Crippen molar-refractivity contribution in [2.24, 2.45) is 4.99 Å². The third-order valence-electron chi connectivity index (χ3n) is 5.58. The summed E-state index contributed by atoms with van der Waals surface area (Å²) in [5, 5.41) is 0.912. The predicted octanol–water partition coefficient (Wildman–Crippen LogP) is 4.51. The SMILES string of the molecule is CCOC(=O)C1=C(C)N=c2s/c(=C/c3ccc(Cl)cc3Cl)c(=O)n2C1c1cccc(OC)c1OCC. The van der Waals surface area contributed by atoms with Crippen LogP contribution in [0.1, 0.15) is 37.9 Å². The van der Waals surface area contributed by atoms with E-state index in [-0.39, 0.29) is 17.7 Å². The summed E-state index contributed by atoms with van der Waals surface area (Å²) in [5.74, 6) is 0.380. The summed E-state index contributed by atoms with van der Waals surface area (Å²) in [7, 11) is 1.54. The van der Waals surface area contributed by atoms with E-state index in [4.69, 9.17) is 37.4 Å². The first kappa shape index (κ1) is 26.0. The second-order valence-electron chi connectivity index (χ2n) is 7.78. The van der Waals surface area contributed by atoms with Crippen LogP contribution in [0.5, 0.6) is 11.5 Å². The molecule has 188 valence electrons. The largest absolute Gasteiger partial charge is 0.493 e. The highest BCUT2D eigenvalue weighted by molar-refractivity contribution is 7.07. The minimum Gasteiger partial charge on any atom is -0.493 e. The molecule has 2 aromatic carbocycles. The number of allylic oxidation sites excluding steroid dienone is 1. The monoisotopic (exact) mass is 546 g/mol. The van der Waals surface area contributed by atoms with Crippen molar-refractivity contribution in [2.45, 2.75) is 26.8 Å². The zero-order chi connectivity index (χ0) is 26.0. The number of hydrogen-bond donors (Lipinski definition) is 0. The van der Waals surface area contributed by atoms with Crippen LogP contribution in [-0.2, 0) is 9.53 Å². The standard InChI is InChI=1S/C26H24Cl2N2O5S/c1-5-34-23-17(8-7-9-19(23)33-4)22-21(25(32)35-6-2)14(3)29-26-30(22)24(31)20(36-26)12-15-10-11-16(27)13-18(15)28/h7-13,22H,5-6H2,1-4H3/b20-12+. The minimum atomic E-state index is -0.834. The maximum atomic E-state index is 13.8. The Bertz CT molecular complexity index is 1540. The van der Waals surface area contributed by atoms with Crippen LogP contribution in [0, 0.1) is 0 Å². The van der Waals surface area contributed by atoms with Gasteiger partial charge in [-0.2, -0.15) is 0 Å². The molecule has 0 spiro atoms. The van der Waals surface area contributed by atoms with Crippen LogP contribution in [0.4, 0.5) is 0 Å². The number of halogens is 2. The molecular weight excluding hydrogens is 523 g/mol. The van der Waals surface area contributed by atoms with Crippen molar-refractivity contribution in [1.82, 2.24) is 4.57 Å². The Kier molecular flexibility index (Phi) is 7.88. The fourth-order valence-corrected chi connectivity index (χ4v) is 5.55. The summed E-state index contributed by atoms with van der Waals surface area (Å²) in [5.41, 5.74) is 1.62. The van der Waals surface area contributed by atoms with Gasteiger partial charge in [0, 0.05) is 15.6 Å². The van der Waals surface area contributed by atoms with Gasteiger partial charge in [-0.05, 0) is 50.6 Å².